The molecule has 1 aliphatic rings. The lowest BCUT2D eigenvalue weighted by atomic mass is 10.1. The molecule has 28 heavy (non-hydrogen) atoms. The van der Waals surface area contributed by atoms with E-state index in [0.717, 1.165) is 42.7 Å². The van der Waals surface area contributed by atoms with Crippen LogP contribution in [0.25, 0.3) is 10.9 Å². The zero-order chi connectivity index (χ0) is 20.1. The van der Waals surface area contributed by atoms with Crippen molar-refractivity contribution in [1.82, 2.24) is 14.9 Å². The number of piperidine rings is 1. The Bertz CT molecular complexity index is 793. The van der Waals surface area contributed by atoms with Crippen LogP contribution in [0.15, 0.2) is 12.1 Å². The van der Waals surface area contributed by atoms with Gasteiger partial charge in [0.05, 0.1) is 19.7 Å². The number of benzene rings is 1. The first kappa shape index (κ1) is 20.4. The third-order valence-electron chi connectivity index (χ3n) is 5.24. The maximum absolute atomic E-state index is 9.14. The fourth-order valence-electron chi connectivity index (χ4n) is 3.48. The number of methoxy groups -OCH3 is 2. The monoisotopic (exact) mass is 389 g/mol. The third-order valence-corrected chi connectivity index (χ3v) is 5.24. The van der Waals surface area contributed by atoms with Gasteiger partial charge in [0.15, 0.2) is 11.5 Å². The Morgan fingerprint density at radius 2 is 1.86 bits per heavy atom. The number of aliphatic hydroxyl groups excluding tert-OH is 1. The smallest absolute Gasteiger partial charge is 0.227 e. The van der Waals surface area contributed by atoms with E-state index in [1.807, 2.05) is 24.1 Å². The minimum Gasteiger partial charge on any atom is -0.493 e. The van der Waals surface area contributed by atoms with Gasteiger partial charge < -0.3 is 29.7 Å². The van der Waals surface area contributed by atoms with E-state index in [2.05, 4.69) is 17.3 Å². The summed E-state index contributed by atoms with van der Waals surface area (Å²) in [5, 5.41) is 13.7. The zero-order valence-electron chi connectivity index (χ0n) is 17.2. The Labute approximate surface area is 166 Å². The van der Waals surface area contributed by atoms with Crippen molar-refractivity contribution in [3.8, 4) is 11.5 Å². The number of aromatic nitrogens is 2. The van der Waals surface area contributed by atoms with E-state index in [-0.39, 0.29) is 6.61 Å². The summed E-state index contributed by atoms with van der Waals surface area (Å²) < 4.78 is 10.9. The number of nitrogens with zero attached hydrogens (tertiary/aromatic N) is 4. The van der Waals surface area contributed by atoms with E-state index >= 15 is 0 Å². The summed E-state index contributed by atoms with van der Waals surface area (Å²) >= 11 is 0. The molecular weight excluding hydrogens is 358 g/mol. The molecule has 1 aromatic heterocycles. The summed E-state index contributed by atoms with van der Waals surface area (Å²) in [5.41, 5.74) is 0.800. The van der Waals surface area contributed by atoms with Crippen LogP contribution in [-0.4, -0.2) is 80.6 Å². The standard InChI is InChI=1S/C20H31N5O3/c1-24-9-6-14(7-10-24)21-19-15-12-17(27-3)18(28-4)13-16(15)22-20(23-19)25(2)8-5-11-26/h12-14,26H,5-11H2,1-4H3,(H,21,22,23). The van der Waals surface area contributed by atoms with Gasteiger partial charge in [-0.1, -0.05) is 0 Å². The number of ether oxygens (including phenoxy) is 2. The molecule has 0 spiro atoms. The molecule has 8 nitrogen and oxygen atoms in total. The molecule has 2 heterocycles. The lowest BCUT2D eigenvalue weighted by Gasteiger charge is -2.30. The first-order valence-corrected chi connectivity index (χ1v) is 9.76. The quantitative estimate of drug-likeness (QED) is 0.709. The van der Waals surface area contributed by atoms with Gasteiger partial charge in [0.2, 0.25) is 5.95 Å². The molecule has 0 aliphatic carbocycles. The molecule has 0 radical (unpaired) electrons. The second kappa shape index (κ2) is 9.25. The van der Waals surface area contributed by atoms with E-state index in [1.54, 1.807) is 14.2 Å². The first-order valence-electron chi connectivity index (χ1n) is 9.76. The van der Waals surface area contributed by atoms with Crippen molar-refractivity contribution >= 4 is 22.7 Å². The van der Waals surface area contributed by atoms with Crippen LogP contribution in [0.3, 0.4) is 0 Å². The number of hydrogen-bond donors (Lipinski definition) is 2. The van der Waals surface area contributed by atoms with Crippen molar-refractivity contribution in [2.45, 2.75) is 25.3 Å². The van der Waals surface area contributed by atoms with E-state index in [0.29, 0.717) is 36.5 Å². The molecule has 0 amide bonds. The van der Waals surface area contributed by atoms with Gasteiger partial charge in [0, 0.05) is 37.7 Å². The van der Waals surface area contributed by atoms with Gasteiger partial charge in [0.25, 0.3) is 0 Å². The van der Waals surface area contributed by atoms with Crippen LogP contribution in [-0.2, 0) is 0 Å². The molecule has 0 bridgehead atoms. The van der Waals surface area contributed by atoms with Crippen LogP contribution in [0.4, 0.5) is 11.8 Å². The van der Waals surface area contributed by atoms with Crippen LogP contribution in [0.1, 0.15) is 19.3 Å². The molecular formula is C20H31N5O3. The van der Waals surface area contributed by atoms with Crippen molar-refractivity contribution in [1.29, 1.82) is 0 Å². The van der Waals surface area contributed by atoms with Gasteiger partial charge >= 0.3 is 0 Å². The number of anilines is 2. The van der Waals surface area contributed by atoms with E-state index in [9.17, 15) is 0 Å². The second-order valence-electron chi connectivity index (χ2n) is 7.32. The fraction of sp³-hybridized carbons (Fsp3) is 0.600. The molecule has 1 saturated heterocycles. The summed E-state index contributed by atoms with van der Waals surface area (Å²) in [5.74, 6) is 2.74. The molecule has 0 saturated carbocycles. The van der Waals surface area contributed by atoms with Crippen LogP contribution in [0.5, 0.6) is 11.5 Å². The molecule has 8 heteroatoms. The Balaban J connectivity index is 2.01. The molecule has 0 atom stereocenters. The molecule has 1 aromatic carbocycles. The van der Waals surface area contributed by atoms with Crippen LogP contribution in [0.2, 0.25) is 0 Å². The van der Waals surface area contributed by atoms with Gasteiger partial charge in [-0.25, -0.2) is 4.98 Å². The highest BCUT2D eigenvalue weighted by Gasteiger charge is 2.20. The fourth-order valence-corrected chi connectivity index (χ4v) is 3.48. The number of rotatable bonds is 8. The molecule has 3 rings (SSSR count). The number of aliphatic hydroxyl groups is 1. The summed E-state index contributed by atoms with van der Waals surface area (Å²) in [6.45, 7) is 2.97. The summed E-state index contributed by atoms with van der Waals surface area (Å²) in [4.78, 5) is 13.8. The normalized spacial score (nSPS) is 15.6. The lowest BCUT2D eigenvalue weighted by molar-refractivity contribution is 0.263. The number of hydrogen-bond acceptors (Lipinski definition) is 8. The van der Waals surface area contributed by atoms with Gasteiger partial charge in [0.1, 0.15) is 5.82 Å². The number of nitrogens with one attached hydrogen (secondary N) is 1. The van der Waals surface area contributed by atoms with Crippen molar-refractivity contribution in [2.24, 2.45) is 0 Å². The van der Waals surface area contributed by atoms with E-state index in [4.69, 9.17) is 24.5 Å². The maximum Gasteiger partial charge on any atom is 0.227 e. The Hall–Kier alpha value is -2.32. The predicted molar refractivity (Wildman–Crippen MR) is 112 cm³/mol. The highest BCUT2D eigenvalue weighted by molar-refractivity contribution is 5.92. The molecule has 1 fully saturated rings. The largest absolute Gasteiger partial charge is 0.493 e. The van der Waals surface area contributed by atoms with Crippen molar-refractivity contribution in [3.63, 3.8) is 0 Å². The van der Waals surface area contributed by atoms with Crippen molar-refractivity contribution < 1.29 is 14.6 Å². The zero-order valence-corrected chi connectivity index (χ0v) is 17.2. The average molecular weight is 390 g/mol. The van der Waals surface area contributed by atoms with Gasteiger partial charge in [-0.2, -0.15) is 4.98 Å². The molecule has 2 N–H and O–H groups in total. The molecule has 2 aromatic rings. The van der Waals surface area contributed by atoms with Gasteiger partial charge in [-0.05, 0) is 45.5 Å². The highest BCUT2D eigenvalue weighted by Crippen LogP contribution is 2.35. The topological polar surface area (TPSA) is 83.0 Å². The highest BCUT2D eigenvalue weighted by atomic mass is 16.5. The van der Waals surface area contributed by atoms with Crippen LogP contribution < -0.4 is 19.7 Å². The van der Waals surface area contributed by atoms with Crippen LogP contribution in [0, 0.1) is 0 Å². The third kappa shape index (κ3) is 4.56. The lowest BCUT2D eigenvalue weighted by Crippen LogP contribution is -2.37. The van der Waals surface area contributed by atoms with Crippen LogP contribution >= 0.6 is 0 Å². The van der Waals surface area contributed by atoms with Crippen molar-refractivity contribution in [2.75, 3.05) is 64.8 Å². The van der Waals surface area contributed by atoms with Gasteiger partial charge in [-0.15, -0.1) is 0 Å². The minimum atomic E-state index is 0.143. The summed E-state index contributed by atoms with van der Waals surface area (Å²) in [6, 6.07) is 4.19. The summed E-state index contributed by atoms with van der Waals surface area (Å²) in [7, 11) is 7.35. The predicted octanol–water partition coefficient (Wildman–Crippen LogP) is 1.97. The Kier molecular flexibility index (Phi) is 6.74. The second-order valence-corrected chi connectivity index (χ2v) is 7.32. The number of likely N-dealkylation sites (tertiary alicyclic amines) is 1. The Morgan fingerprint density at radius 1 is 1.18 bits per heavy atom. The van der Waals surface area contributed by atoms with E-state index < -0.39 is 0 Å². The SMILES string of the molecule is COc1cc2nc(N(C)CCCO)nc(NC3CCN(C)CC3)c2cc1OC. The first-order chi connectivity index (χ1) is 13.5. The maximum atomic E-state index is 9.14. The minimum absolute atomic E-state index is 0.143. The summed E-state index contributed by atoms with van der Waals surface area (Å²) in [6.07, 6.45) is 2.82. The van der Waals surface area contributed by atoms with Crippen molar-refractivity contribution in [3.05, 3.63) is 12.1 Å². The molecule has 0 unspecified atom stereocenters. The number of fused-ring (bicyclic) bond motifs is 1. The van der Waals surface area contributed by atoms with E-state index in [1.165, 1.54) is 0 Å². The average Bonchev–Trinajstić information content (AvgIpc) is 2.72. The Morgan fingerprint density at radius 3 is 2.50 bits per heavy atom. The molecule has 154 valence electrons. The molecule has 1 aliphatic heterocycles. The van der Waals surface area contributed by atoms with Gasteiger partial charge in [-0.3, -0.25) is 0 Å².